The van der Waals surface area contributed by atoms with Gasteiger partial charge in [0.2, 0.25) is 0 Å². The van der Waals surface area contributed by atoms with E-state index in [0.717, 1.165) is 31.4 Å². The van der Waals surface area contributed by atoms with Crippen LogP contribution in [0.1, 0.15) is 16.1 Å². The molecule has 0 aliphatic carbocycles. The number of thiophene rings is 1. The summed E-state index contributed by atoms with van der Waals surface area (Å²) < 4.78 is 0.998. The summed E-state index contributed by atoms with van der Waals surface area (Å²) in [6.45, 7) is 0. The van der Waals surface area contributed by atoms with Crippen LogP contribution in [0.15, 0.2) is 75.6 Å². The Morgan fingerprint density at radius 1 is 1.08 bits per heavy atom. The first kappa shape index (κ1) is 16.8. The van der Waals surface area contributed by atoms with E-state index in [2.05, 4.69) is 31.4 Å². The van der Waals surface area contributed by atoms with Crippen molar-refractivity contribution in [2.24, 2.45) is 5.10 Å². The summed E-state index contributed by atoms with van der Waals surface area (Å²) >= 11 is 5.00. The molecule has 1 amide bonds. The van der Waals surface area contributed by atoms with Crippen LogP contribution in [0.25, 0.3) is 21.3 Å². The summed E-state index contributed by atoms with van der Waals surface area (Å²) in [7, 11) is 0. The van der Waals surface area contributed by atoms with Crippen molar-refractivity contribution < 1.29 is 4.79 Å². The van der Waals surface area contributed by atoms with Crippen molar-refractivity contribution in [3.8, 4) is 10.4 Å². The SMILES string of the molecule is O=C(N/N=C/c1ccc(Br)cc1)c1[nH]c2ccccc2c1-c1cccs1. The summed E-state index contributed by atoms with van der Waals surface area (Å²) in [5.74, 6) is -0.266. The Bertz CT molecular complexity index is 1080. The molecular weight excluding hydrogens is 410 g/mol. The molecule has 0 saturated heterocycles. The van der Waals surface area contributed by atoms with Crippen LogP contribution in [-0.2, 0) is 0 Å². The van der Waals surface area contributed by atoms with Gasteiger partial charge in [-0.15, -0.1) is 11.3 Å². The number of para-hydroxylation sites is 1. The van der Waals surface area contributed by atoms with Crippen LogP contribution in [0.2, 0.25) is 0 Å². The van der Waals surface area contributed by atoms with E-state index >= 15 is 0 Å². The van der Waals surface area contributed by atoms with Crippen molar-refractivity contribution >= 4 is 50.3 Å². The molecule has 6 heteroatoms. The number of rotatable bonds is 4. The van der Waals surface area contributed by atoms with Crippen molar-refractivity contribution in [3.63, 3.8) is 0 Å². The number of hydrogen-bond acceptors (Lipinski definition) is 3. The molecule has 0 fully saturated rings. The van der Waals surface area contributed by atoms with Crippen molar-refractivity contribution in [1.29, 1.82) is 0 Å². The van der Waals surface area contributed by atoms with E-state index in [1.54, 1.807) is 17.6 Å². The zero-order valence-electron chi connectivity index (χ0n) is 13.6. The minimum absolute atomic E-state index is 0.266. The van der Waals surface area contributed by atoms with Gasteiger partial charge in [0.15, 0.2) is 0 Å². The van der Waals surface area contributed by atoms with Crippen LogP contribution in [-0.4, -0.2) is 17.1 Å². The van der Waals surface area contributed by atoms with Crippen LogP contribution in [0, 0.1) is 0 Å². The van der Waals surface area contributed by atoms with Gasteiger partial charge < -0.3 is 4.98 Å². The first-order valence-electron chi connectivity index (χ1n) is 7.96. The number of fused-ring (bicyclic) bond motifs is 1. The Hall–Kier alpha value is -2.70. The summed E-state index contributed by atoms with van der Waals surface area (Å²) in [6, 6.07) is 19.6. The third-order valence-electron chi connectivity index (χ3n) is 3.95. The number of nitrogens with one attached hydrogen (secondary N) is 2. The van der Waals surface area contributed by atoms with Crippen molar-refractivity contribution in [2.75, 3.05) is 0 Å². The molecule has 2 heterocycles. The first-order chi connectivity index (χ1) is 12.7. The Morgan fingerprint density at radius 3 is 2.65 bits per heavy atom. The molecule has 0 aliphatic rings. The maximum Gasteiger partial charge on any atom is 0.288 e. The van der Waals surface area contributed by atoms with Crippen molar-refractivity contribution in [1.82, 2.24) is 10.4 Å². The molecule has 0 saturated carbocycles. The number of amides is 1. The third-order valence-corrected chi connectivity index (χ3v) is 5.37. The largest absolute Gasteiger partial charge is 0.350 e. The summed E-state index contributed by atoms with van der Waals surface area (Å²) in [6.07, 6.45) is 1.62. The molecule has 0 unspecified atom stereocenters. The maximum atomic E-state index is 12.7. The van der Waals surface area contributed by atoms with Gasteiger partial charge in [-0.3, -0.25) is 4.79 Å². The van der Waals surface area contributed by atoms with Crippen molar-refractivity contribution in [2.45, 2.75) is 0 Å². The highest BCUT2D eigenvalue weighted by Gasteiger charge is 2.19. The third kappa shape index (κ3) is 3.34. The van der Waals surface area contributed by atoms with Gasteiger partial charge in [0.05, 0.1) is 6.21 Å². The molecule has 26 heavy (non-hydrogen) atoms. The molecule has 2 N–H and O–H groups in total. The average Bonchev–Trinajstić information content (AvgIpc) is 3.30. The van der Waals surface area contributed by atoms with E-state index < -0.39 is 0 Å². The molecule has 0 radical (unpaired) electrons. The van der Waals surface area contributed by atoms with E-state index in [-0.39, 0.29) is 5.91 Å². The molecule has 0 spiro atoms. The summed E-state index contributed by atoms with van der Waals surface area (Å²) in [5.41, 5.74) is 5.88. The van der Waals surface area contributed by atoms with Crippen LogP contribution >= 0.6 is 27.3 Å². The Kier molecular flexibility index (Phi) is 4.69. The molecule has 4 aromatic rings. The fraction of sp³-hybridized carbons (Fsp3) is 0. The lowest BCUT2D eigenvalue weighted by atomic mass is 10.1. The van der Waals surface area contributed by atoms with E-state index in [9.17, 15) is 4.79 Å². The standard InChI is InChI=1S/C20H14BrN3OS/c21-14-9-7-13(8-10-14)12-22-24-20(25)19-18(17-6-3-11-26-17)15-4-1-2-5-16(15)23-19/h1-12,23H,(H,24,25)/b22-12+. The van der Waals surface area contributed by atoms with Crippen LogP contribution in [0.4, 0.5) is 0 Å². The summed E-state index contributed by atoms with van der Waals surface area (Å²) in [4.78, 5) is 17.0. The van der Waals surface area contributed by atoms with Gasteiger partial charge in [-0.2, -0.15) is 5.10 Å². The first-order valence-corrected chi connectivity index (χ1v) is 9.63. The highest BCUT2D eigenvalue weighted by molar-refractivity contribution is 9.10. The second-order valence-electron chi connectivity index (χ2n) is 5.65. The molecule has 4 nitrogen and oxygen atoms in total. The number of carbonyl (C=O) groups excluding carboxylic acids is 1. The fourth-order valence-electron chi connectivity index (χ4n) is 2.76. The van der Waals surface area contributed by atoms with Crippen LogP contribution in [0.3, 0.4) is 0 Å². The van der Waals surface area contributed by atoms with E-state index in [1.807, 2.05) is 66.0 Å². The smallest absolute Gasteiger partial charge is 0.288 e. The number of carbonyl (C=O) groups is 1. The molecule has 0 atom stereocenters. The minimum atomic E-state index is -0.266. The van der Waals surface area contributed by atoms with Gasteiger partial charge in [-0.05, 0) is 35.2 Å². The predicted molar refractivity (Wildman–Crippen MR) is 111 cm³/mol. The quantitative estimate of drug-likeness (QED) is 0.334. The maximum absolute atomic E-state index is 12.7. The molecule has 2 aromatic carbocycles. The van der Waals surface area contributed by atoms with Gasteiger partial charge >= 0.3 is 0 Å². The van der Waals surface area contributed by atoms with Gasteiger partial charge in [0.1, 0.15) is 5.69 Å². The zero-order valence-corrected chi connectivity index (χ0v) is 16.0. The number of H-pyrrole nitrogens is 1. The van der Waals surface area contributed by atoms with E-state index in [4.69, 9.17) is 0 Å². The van der Waals surface area contributed by atoms with E-state index in [0.29, 0.717) is 5.69 Å². The number of benzene rings is 2. The molecule has 0 bridgehead atoms. The highest BCUT2D eigenvalue weighted by Crippen LogP contribution is 2.35. The van der Waals surface area contributed by atoms with Gasteiger partial charge in [-0.25, -0.2) is 5.43 Å². The predicted octanol–water partition coefficient (Wildman–Crippen LogP) is 5.42. The van der Waals surface area contributed by atoms with Crippen LogP contribution < -0.4 is 5.43 Å². The molecule has 4 rings (SSSR count). The fourth-order valence-corrected chi connectivity index (χ4v) is 3.81. The van der Waals surface area contributed by atoms with Gasteiger partial charge in [0, 0.05) is 25.8 Å². The Balaban J connectivity index is 1.64. The van der Waals surface area contributed by atoms with Crippen molar-refractivity contribution in [3.05, 3.63) is 81.8 Å². The molecular formula is C20H14BrN3OS. The second kappa shape index (κ2) is 7.27. The average molecular weight is 424 g/mol. The second-order valence-corrected chi connectivity index (χ2v) is 7.51. The number of halogens is 1. The Labute approximate surface area is 162 Å². The lowest BCUT2D eigenvalue weighted by Gasteiger charge is -2.02. The lowest BCUT2D eigenvalue weighted by molar-refractivity contribution is 0.0951. The highest BCUT2D eigenvalue weighted by atomic mass is 79.9. The Morgan fingerprint density at radius 2 is 1.88 bits per heavy atom. The van der Waals surface area contributed by atoms with Gasteiger partial charge in [-0.1, -0.05) is 52.3 Å². The molecule has 2 aromatic heterocycles. The normalized spacial score (nSPS) is 11.3. The number of hydrazone groups is 1. The van der Waals surface area contributed by atoms with Gasteiger partial charge in [0.25, 0.3) is 5.91 Å². The molecule has 128 valence electrons. The number of aromatic amines is 1. The number of hydrogen-bond donors (Lipinski definition) is 2. The van der Waals surface area contributed by atoms with E-state index in [1.165, 1.54) is 0 Å². The van der Waals surface area contributed by atoms with Crippen LogP contribution in [0.5, 0.6) is 0 Å². The minimum Gasteiger partial charge on any atom is -0.350 e. The lowest BCUT2D eigenvalue weighted by Crippen LogP contribution is -2.18. The molecule has 0 aliphatic heterocycles. The number of nitrogens with zero attached hydrogens (tertiary/aromatic N) is 1. The topological polar surface area (TPSA) is 57.2 Å². The number of aromatic nitrogens is 1. The summed E-state index contributed by atoms with van der Waals surface area (Å²) in [5, 5.41) is 7.11. The zero-order chi connectivity index (χ0) is 17.9. The monoisotopic (exact) mass is 423 g/mol.